The van der Waals surface area contributed by atoms with Gasteiger partial charge in [0.15, 0.2) is 11.4 Å². The van der Waals surface area contributed by atoms with Crippen molar-refractivity contribution < 1.29 is 40.3 Å². The van der Waals surface area contributed by atoms with Crippen molar-refractivity contribution in [3.05, 3.63) is 46.7 Å². The van der Waals surface area contributed by atoms with Gasteiger partial charge >= 0.3 is 18.7 Å². The third-order valence-electron chi connectivity index (χ3n) is 5.42. The van der Waals surface area contributed by atoms with Gasteiger partial charge in [-0.2, -0.15) is 41.1 Å². The fourth-order valence-corrected chi connectivity index (χ4v) is 3.59. The summed E-state index contributed by atoms with van der Waals surface area (Å²) < 4.78 is 97.9. The summed E-state index contributed by atoms with van der Waals surface area (Å²) in [4.78, 5) is 12.6. The summed E-state index contributed by atoms with van der Waals surface area (Å²) in [6.07, 6.45) is -11.8. The lowest BCUT2D eigenvalue weighted by atomic mass is 10.1. The minimum atomic E-state index is -5.34. The molecule has 16 heteroatoms. The molecule has 1 aromatic carbocycles. The fourth-order valence-electron chi connectivity index (χ4n) is 3.39. The first-order chi connectivity index (χ1) is 17.2. The number of benzene rings is 1. The van der Waals surface area contributed by atoms with Crippen molar-refractivity contribution in [2.75, 3.05) is 0 Å². The lowest BCUT2D eigenvalue weighted by molar-refractivity contribution is -0.256. The van der Waals surface area contributed by atoms with Crippen molar-refractivity contribution in [3.8, 4) is 28.9 Å². The molecule has 3 aromatic rings. The van der Waals surface area contributed by atoms with Crippen molar-refractivity contribution in [2.24, 2.45) is 7.05 Å². The highest BCUT2D eigenvalue weighted by Crippen LogP contribution is 2.42. The van der Waals surface area contributed by atoms with Crippen LogP contribution in [0.25, 0.3) is 16.9 Å². The normalized spacial score (nSPS) is 14.9. The molecule has 8 nitrogen and oxygen atoms in total. The number of alkyl halides is 7. The van der Waals surface area contributed by atoms with Crippen LogP contribution in [0.4, 0.5) is 30.7 Å². The predicted octanol–water partition coefficient (Wildman–Crippen LogP) is 4.97. The Balaban J connectivity index is 1.72. The first-order valence-corrected chi connectivity index (χ1v) is 10.6. The number of ether oxygens (including phenoxy) is 1. The second kappa shape index (κ2) is 8.94. The molecule has 1 amide bonds. The third-order valence-corrected chi connectivity index (χ3v) is 5.75. The lowest BCUT2D eigenvalue weighted by Gasteiger charge is -2.16. The molecular formula is C21H14ClF7N6O2. The molecule has 37 heavy (non-hydrogen) atoms. The minimum absolute atomic E-state index is 0.00475. The summed E-state index contributed by atoms with van der Waals surface area (Å²) in [6.45, 7) is 0. The number of aromatic nitrogens is 4. The molecule has 2 heterocycles. The van der Waals surface area contributed by atoms with E-state index in [1.54, 1.807) is 0 Å². The SMILES string of the molecule is Cn1nc(OC(F)(F)C(F)F)c(C(F)(F)F)c1-n1cc(-c2ccc(Cl)c(C(=O)NC3(C#N)CC3)c2)cn1. The van der Waals surface area contributed by atoms with E-state index in [9.17, 15) is 40.8 Å². The lowest BCUT2D eigenvalue weighted by Crippen LogP contribution is -2.35. The highest BCUT2D eigenvalue weighted by molar-refractivity contribution is 6.34. The van der Waals surface area contributed by atoms with Crippen LogP contribution < -0.4 is 10.1 Å². The molecular weight excluding hydrogens is 537 g/mol. The maximum atomic E-state index is 13.8. The molecule has 0 unspecified atom stereocenters. The summed E-state index contributed by atoms with van der Waals surface area (Å²) in [6, 6.07) is 6.14. The number of carbonyl (C=O) groups is 1. The first kappa shape index (κ1) is 26.3. The van der Waals surface area contributed by atoms with Gasteiger partial charge in [-0.15, -0.1) is 5.10 Å². The Kier molecular flexibility index (Phi) is 6.35. The van der Waals surface area contributed by atoms with E-state index in [2.05, 4.69) is 20.3 Å². The van der Waals surface area contributed by atoms with E-state index in [1.165, 1.54) is 18.2 Å². The average molecular weight is 551 g/mol. The zero-order valence-electron chi connectivity index (χ0n) is 18.5. The van der Waals surface area contributed by atoms with Gasteiger partial charge in [-0.1, -0.05) is 17.7 Å². The Labute approximate surface area is 208 Å². The number of nitriles is 1. The van der Waals surface area contributed by atoms with Crippen LogP contribution in [-0.4, -0.2) is 43.5 Å². The van der Waals surface area contributed by atoms with E-state index in [1.807, 2.05) is 6.07 Å². The minimum Gasteiger partial charge on any atom is -0.408 e. The Morgan fingerprint density at radius 3 is 2.49 bits per heavy atom. The largest absolute Gasteiger partial charge is 0.462 e. The number of nitrogens with zero attached hydrogens (tertiary/aromatic N) is 5. The second-order valence-corrected chi connectivity index (χ2v) is 8.51. The van der Waals surface area contributed by atoms with Crippen molar-refractivity contribution >= 4 is 17.5 Å². The Hall–Kier alpha value is -3.80. The molecule has 0 atom stereocenters. The maximum Gasteiger partial charge on any atom is 0.462 e. The number of amides is 1. The Bertz CT molecular complexity index is 1410. The standard InChI is InChI=1S/C21H14ClF7N6O2/c1-34-17(14(20(25,26)27)16(33-34)37-21(28,29)18(23)24)35-8-11(7-31-35)10-2-3-13(22)12(6-10)15(36)32-19(9-30)4-5-19/h2-3,6-8,18H,4-5H2,1H3,(H,32,36). The molecule has 0 aliphatic heterocycles. The van der Waals surface area contributed by atoms with Crippen LogP contribution in [0.2, 0.25) is 5.02 Å². The first-order valence-electron chi connectivity index (χ1n) is 10.3. The van der Waals surface area contributed by atoms with E-state index in [0.717, 1.165) is 19.4 Å². The van der Waals surface area contributed by atoms with Crippen molar-refractivity contribution in [1.82, 2.24) is 24.9 Å². The van der Waals surface area contributed by atoms with Crippen molar-refractivity contribution in [3.63, 3.8) is 0 Å². The van der Waals surface area contributed by atoms with Crippen LogP contribution in [0.5, 0.6) is 5.88 Å². The number of halogens is 8. The van der Waals surface area contributed by atoms with Gasteiger partial charge in [0.1, 0.15) is 5.54 Å². The summed E-state index contributed by atoms with van der Waals surface area (Å²) in [5.74, 6) is -3.29. The molecule has 1 saturated carbocycles. The van der Waals surface area contributed by atoms with Gasteiger partial charge in [-0.3, -0.25) is 4.79 Å². The maximum absolute atomic E-state index is 13.8. The van der Waals surface area contributed by atoms with Gasteiger partial charge in [0, 0.05) is 18.8 Å². The van der Waals surface area contributed by atoms with Crippen LogP contribution in [0.3, 0.4) is 0 Å². The van der Waals surface area contributed by atoms with Gasteiger partial charge in [0.25, 0.3) is 11.8 Å². The zero-order chi connectivity index (χ0) is 27.3. The predicted molar refractivity (Wildman–Crippen MR) is 112 cm³/mol. The van der Waals surface area contributed by atoms with E-state index >= 15 is 0 Å². The number of hydrogen-bond donors (Lipinski definition) is 1. The summed E-state index contributed by atoms with van der Waals surface area (Å²) in [7, 11) is 0.951. The number of nitrogens with one attached hydrogen (secondary N) is 1. The molecule has 4 rings (SSSR count). The molecule has 2 aromatic heterocycles. The van der Waals surface area contributed by atoms with Crippen molar-refractivity contribution in [1.29, 1.82) is 5.26 Å². The molecule has 1 fully saturated rings. The van der Waals surface area contributed by atoms with Crippen LogP contribution in [-0.2, 0) is 13.2 Å². The van der Waals surface area contributed by atoms with Crippen LogP contribution in [0, 0.1) is 11.3 Å². The van der Waals surface area contributed by atoms with Gasteiger partial charge in [-0.25, -0.2) is 9.36 Å². The fraction of sp³-hybridized carbons (Fsp3) is 0.333. The highest BCUT2D eigenvalue weighted by atomic mass is 35.5. The quantitative estimate of drug-likeness (QED) is 0.419. The third kappa shape index (κ3) is 5.06. The topological polar surface area (TPSA) is 97.8 Å². The summed E-state index contributed by atoms with van der Waals surface area (Å²) >= 11 is 6.11. The number of carbonyl (C=O) groups excluding carboxylic acids is 1. The highest BCUT2D eigenvalue weighted by Gasteiger charge is 2.49. The molecule has 1 N–H and O–H groups in total. The Morgan fingerprint density at radius 1 is 1.24 bits per heavy atom. The van der Waals surface area contributed by atoms with Gasteiger partial charge in [0.2, 0.25) is 0 Å². The second-order valence-electron chi connectivity index (χ2n) is 8.11. The molecule has 1 aliphatic carbocycles. The van der Waals surface area contributed by atoms with Crippen LogP contribution in [0.1, 0.15) is 28.8 Å². The number of aryl methyl sites for hydroxylation is 1. The smallest absolute Gasteiger partial charge is 0.408 e. The Morgan fingerprint density at radius 2 is 1.92 bits per heavy atom. The van der Waals surface area contributed by atoms with E-state index in [4.69, 9.17) is 11.6 Å². The van der Waals surface area contributed by atoms with E-state index in [-0.39, 0.29) is 16.1 Å². The molecule has 0 spiro atoms. The zero-order valence-corrected chi connectivity index (χ0v) is 19.2. The van der Waals surface area contributed by atoms with Crippen LogP contribution in [0.15, 0.2) is 30.6 Å². The summed E-state index contributed by atoms with van der Waals surface area (Å²) in [5, 5.41) is 18.8. The van der Waals surface area contributed by atoms with Gasteiger partial charge in [0.05, 0.1) is 22.9 Å². The van der Waals surface area contributed by atoms with Gasteiger partial charge in [-0.05, 0) is 30.5 Å². The number of hydrogen-bond acceptors (Lipinski definition) is 5. The molecule has 0 bridgehead atoms. The van der Waals surface area contributed by atoms with E-state index < -0.39 is 47.4 Å². The average Bonchev–Trinajstić information content (AvgIpc) is 3.25. The summed E-state index contributed by atoms with van der Waals surface area (Å²) in [5.41, 5.74) is -2.36. The molecule has 0 saturated heterocycles. The number of rotatable bonds is 7. The van der Waals surface area contributed by atoms with E-state index in [0.29, 0.717) is 27.8 Å². The van der Waals surface area contributed by atoms with Crippen LogP contribution >= 0.6 is 11.6 Å². The molecule has 1 aliphatic rings. The molecule has 196 valence electrons. The molecule has 0 radical (unpaired) electrons. The van der Waals surface area contributed by atoms with Gasteiger partial charge < -0.3 is 10.1 Å². The van der Waals surface area contributed by atoms with Crippen molar-refractivity contribution in [2.45, 2.75) is 37.1 Å². The monoisotopic (exact) mass is 550 g/mol.